The maximum atomic E-state index is 13.8. The predicted octanol–water partition coefficient (Wildman–Crippen LogP) is 3.82. The molecule has 0 spiro atoms. The summed E-state index contributed by atoms with van der Waals surface area (Å²) in [6.45, 7) is -0.121. The summed E-state index contributed by atoms with van der Waals surface area (Å²) in [5.74, 6) is -2.70. The SMILES string of the molecule is O=C(O)CC(NC(=O)OCC1c2ccccc2-c2ccccc21)C(=O)NCc1ccccc1F. The molecule has 0 aliphatic heterocycles. The summed E-state index contributed by atoms with van der Waals surface area (Å²) in [5, 5.41) is 13.9. The Morgan fingerprint density at radius 1 is 0.912 bits per heavy atom. The molecule has 8 heteroatoms. The maximum Gasteiger partial charge on any atom is 0.407 e. The lowest BCUT2D eigenvalue weighted by Crippen LogP contribution is -2.48. The lowest BCUT2D eigenvalue weighted by Gasteiger charge is -2.19. The van der Waals surface area contributed by atoms with Crippen LogP contribution in [0.25, 0.3) is 11.1 Å². The van der Waals surface area contributed by atoms with E-state index >= 15 is 0 Å². The first kappa shape index (κ1) is 23.0. The molecule has 2 amide bonds. The van der Waals surface area contributed by atoms with Crippen LogP contribution in [0, 0.1) is 5.82 Å². The van der Waals surface area contributed by atoms with Gasteiger partial charge in [-0.05, 0) is 28.3 Å². The highest BCUT2D eigenvalue weighted by atomic mass is 19.1. The molecule has 0 saturated carbocycles. The molecule has 3 aromatic carbocycles. The van der Waals surface area contributed by atoms with Crippen LogP contribution in [0.4, 0.5) is 9.18 Å². The van der Waals surface area contributed by atoms with Gasteiger partial charge in [-0.15, -0.1) is 0 Å². The number of carboxylic acids is 1. The minimum Gasteiger partial charge on any atom is -0.481 e. The Morgan fingerprint density at radius 2 is 1.50 bits per heavy atom. The van der Waals surface area contributed by atoms with Gasteiger partial charge in [0, 0.05) is 18.0 Å². The summed E-state index contributed by atoms with van der Waals surface area (Å²) in [6.07, 6.45) is -1.55. The zero-order chi connectivity index (χ0) is 24.1. The number of halogens is 1. The van der Waals surface area contributed by atoms with Crippen LogP contribution in [-0.2, 0) is 20.9 Å². The molecule has 1 aliphatic rings. The molecule has 3 N–H and O–H groups in total. The number of alkyl carbamates (subject to hydrolysis) is 1. The molecule has 4 rings (SSSR count). The molecule has 1 atom stereocenters. The standard InChI is InChI=1S/C26H23FN2O5/c27-22-12-6-1-7-16(22)14-28-25(32)23(13-24(30)31)29-26(33)34-15-21-19-10-4-2-8-17(19)18-9-3-5-11-20(18)21/h1-12,21,23H,13-15H2,(H,28,32)(H,29,33)(H,30,31). The molecule has 1 unspecified atom stereocenters. The molecule has 174 valence electrons. The average Bonchev–Trinajstić information content (AvgIpc) is 3.15. The Labute approximate surface area is 195 Å². The van der Waals surface area contributed by atoms with Crippen molar-refractivity contribution in [3.05, 3.63) is 95.3 Å². The highest BCUT2D eigenvalue weighted by Crippen LogP contribution is 2.44. The van der Waals surface area contributed by atoms with E-state index in [4.69, 9.17) is 9.84 Å². The van der Waals surface area contributed by atoms with Crippen molar-refractivity contribution in [3.63, 3.8) is 0 Å². The first-order valence-electron chi connectivity index (χ1n) is 10.8. The lowest BCUT2D eigenvalue weighted by atomic mass is 9.98. The third-order valence-corrected chi connectivity index (χ3v) is 5.74. The summed E-state index contributed by atoms with van der Waals surface area (Å²) < 4.78 is 19.2. The predicted molar refractivity (Wildman–Crippen MR) is 122 cm³/mol. The van der Waals surface area contributed by atoms with Crippen molar-refractivity contribution >= 4 is 18.0 Å². The smallest absolute Gasteiger partial charge is 0.407 e. The van der Waals surface area contributed by atoms with Gasteiger partial charge in [0.25, 0.3) is 0 Å². The second kappa shape index (κ2) is 10.2. The number of carboxylic acid groups (broad SMARTS) is 1. The number of carbonyl (C=O) groups excluding carboxylic acids is 2. The van der Waals surface area contributed by atoms with Crippen LogP contribution in [0.1, 0.15) is 29.0 Å². The lowest BCUT2D eigenvalue weighted by molar-refractivity contribution is -0.139. The molecule has 0 fully saturated rings. The quantitative estimate of drug-likeness (QED) is 0.472. The zero-order valence-electron chi connectivity index (χ0n) is 18.2. The average molecular weight is 462 g/mol. The number of hydrogen-bond donors (Lipinski definition) is 3. The van der Waals surface area contributed by atoms with Gasteiger partial charge in [0.05, 0.1) is 6.42 Å². The van der Waals surface area contributed by atoms with E-state index in [-0.39, 0.29) is 24.6 Å². The number of aliphatic carboxylic acids is 1. The highest BCUT2D eigenvalue weighted by Gasteiger charge is 2.30. The van der Waals surface area contributed by atoms with Crippen LogP contribution in [0.15, 0.2) is 72.8 Å². The first-order chi connectivity index (χ1) is 16.4. The topological polar surface area (TPSA) is 105 Å². The molecule has 0 aromatic heterocycles. The monoisotopic (exact) mass is 462 g/mol. The van der Waals surface area contributed by atoms with Crippen LogP contribution in [0.2, 0.25) is 0 Å². The van der Waals surface area contributed by atoms with Crippen molar-refractivity contribution in [1.29, 1.82) is 0 Å². The van der Waals surface area contributed by atoms with Crippen molar-refractivity contribution in [2.24, 2.45) is 0 Å². The molecule has 0 radical (unpaired) electrons. The second-order valence-electron chi connectivity index (χ2n) is 7.93. The summed E-state index contributed by atoms with van der Waals surface area (Å²) in [7, 11) is 0. The Balaban J connectivity index is 1.39. The summed E-state index contributed by atoms with van der Waals surface area (Å²) in [4.78, 5) is 36.2. The van der Waals surface area contributed by atoms with Crippen LogP contribution in [0.5, 0.6) is 0 Å². The number of fused-ring (bicyclic) bond motifs is 3. The second-order valence-corrected chi connectivity index (χ2v) is 7.93. The normalized spacial score (nSPS) is 12.9. The number of ether oxygens (including phenoxy) is 1. The number of hydrogen-bond acceptors (Lipinski definition) is 4. The molecular weight excluding hydrogens is 439 g/mol. The Kier molecular flexibility index (Phi) is 6.87. The first-order valence-corrected chi connectivity index (χ1v) is 10.8. The molecule has 0 saturated heterocycles. The van der Waals surface area contributed by atoms with Crippen LogP contribution in [0.3, 0.4) is 0 Å². The summed E-state index contributed by atoms with van der Waals surface area (Å²) in [6, 6.07) is 20.2. The summed E-state index contributed by atoms with van der Waals surface area (Å²) >= 11 is 0. The van der Waals surface area contributed by atoms with E-state index < -0.39 is 36.2 Å². The number of carbonyl (C=O) groups is 3. The van der Waals surface area contributed by atoms with Gasteiger partial charge in [0.15, 0.2) is 0 Å². The van der Waals surface area contributed by atoms with Gasteiger partial charge in [-0.3, -0.25) is 9.59 Å². The fourth-order valence-electron chi connectivity index (χ4n) is 4.11. The van der Waals surface area contributed by atoms with Gasteiger partial charge >= 0.3 is 12.1 Å². The van der Waals surface area contributed by atoms with Gasteiger partial charge in [0.2, 0.25) is 5.91 Å². The Bertz CT molecular complexity index is 1180. The number of rotatable bonds is 8. The molecule has 1 aliphatic carbocycles. The van der Waals surface area contributed by atoms with Crippen molar-refractivity contribution < 1.29 is 28.6 Å². The van der Waals surface area contributed by atoms with Gasteiger partial charge in [0.1, 0.15) is 18.5 Å². The largest absolute Gasteiger partial charge is 0.481 e. The Morgan fingerprint density at radius 3 is 2.12 bits per heavy atom. The number of benzene rings is 3. The van der Waals surface area contributed by atoms with Gasteiger partial charge in [-0.1, -0.05) is 66.7 Å². The van der Waals surface area contributed by atoms with Crippen molar-refractivity contribution in [1.82, 2.24) is 10.6 Å². The van der Waals surface area contributed by atoms with Gasteiger partial charge in [-0.25, -0.2) is 9.18 Å². The molecule has 0 bridgehead atoms. The number of amides is 2. The minimum absolute atomic E-state index is 0.0243. The van der Waals surface area contributed by atoms with Crippen LogP contribution >= 0.6 is 0 Å². The van der Waals surface area contributed by atoms with E-state index in [1.165, 1.54) is 18.2 Å². The van der Waals surface area contributed by atoms with Crippen LogP contribution in [-0.4, -0.2) is 35.7 Å². The van der Waals surface area contributed by atoms with Crippen molar-refractivity contribution in [2.75, 3.05) is 6.61 Å². The van der Waals surface area contributed by atoms with E-state index in [2.05, 4.69) is 10.6 Å². The van der Waals surface area contributed by atoms with E-state index in [9.17, 15) is 18.8 Å². The molecule has 3 aromatic rings. The van der Waals surface area contributed by atoms with E-state index in [1.54, 1.807) is 6.07 Å². The number of nitrogens with one attached hydrogen (secondary N) is 2. The molecule has 0 heterocycles. The van der Waals surface area contributed by atoms with E-state index in [0.29, 0.717) is 0 Å². The minimum atomic E-state index is -1.38. The highest BCUT2D eigenvalue weighted by molar-refractivity contribution is 5.89. The third-order valence-electron chi connectivity index (χ3n) is 5.74. The van der Waals surface area contributed by atoms with Gasteiger partial charge < -0.3 is 20.5 Å². The molecule has 7 nitrogen and oxygen atoms in total. The third kappa shape index (κ3) is 5.06. The van der Waals surface area contributed by atoms with E-state index in [0.717, 1.165) is 22.3 Å². The maximum absolute atomic E-state index is 13.8. The molecular formula is C26H23FN2O5. The Hall–Kier alpha value is -4.20. The fraction of sp³-hybridized carbons (Fsp3) is 0.192. The van der Waals surface area contributed by atoms with Crippen molar-refractivity contribution in [2.45, 2.75) is 24.9 Å². The van der Waals surface area contributed by atoms with Crippen molar-refractivity contribution in [3.8, 4) is 11.1 Å². The van der Waals surface area contributed by atoms with E-state index in [1.807, 2.05) is 48.5 Å². The van der Waals surface area contributed by atoms with Crippen LogP contribution < -0.4 is 10.6 Å². The van der Waals surface area contributed by atoms with Gasteiger partial charge in [-0.2, -0.15) is 0 Å². The fourth-order valence-corrected chi connectivity index (χ4v) is 4.11. The summed E-state index contributed by atoms with van der Waals surface area (Å²) in [5.41, 5.74) is 4.44. The molecule has 34 heavy (non-hydrogen) atoms. The zero-order valence-corrected chi connectivity index (χ0v) is 18.2.